The molecular formula is C77H144N2O7P+. The average molecular weight is 1240 g/mol. The Bertz CT molecular complexity index is 1720. The van der Waals surface area contributed by atoms with Crippen LogP contribution in [0.5, 0.6) is 0 Å². The summed E-state index contributed by atoms with van der Waals surface area (Å²) < 4.78 is 30.9. The third-order valence-electron chi connectivity index (χ3n) is 16.6. The topological polar surface area (TPSA) is 111 Å². The van der Waals surface area contributed by atoms with Crippen LogP contribution in [0.25, 0.3) is 0 Å². The third kappa shape index (κ3) is 67.7. The summed E-state index contributed by atoms with van der Waals surface area (Å²) in [6.07, 6.45) is 87.8. The van der Waals surface area contributed by atoms with Gasteiger partial charge in [0.05, 0.1) is 33.8 Å². The third-order valence-corrected chi connectivity index (χ3v) is 17.6. The highest BCUT2D eigenvalue weighted by atomic mass is 31.2. The van der Waals surface area contributed by atoms with E-state index in [1.807, 2.05) is 33.3 Å². The van der Waals surface area contributed by atoms with Crippen LogP contribution in [0, 0.1) is 0 Å². The molecule has 0 heterocycles. The quantitative estimate of drug-likeness (QED) is 0.0205. The van der Waals surface area contributed by atoms with Gasteiger partial charge in [-0.3, -0.25) is 18.6 Å². The van der Waals surface area contributed by atoms with Gasteiger partial charge in [-0.05, 0) is 102 Å². The SMILES string of the molecule is CCCCC/C=C\C/C=C\C/C=C\C/C=C\CCCCCCCC(=O)NC(COP(=O)(O)OCC[N+](C)(C)C)C(/C=C\CCCCCCCCCCCCC)OC(=O)CCCCCCCCCCCCCCCCCCC/C=C/CCCCCCCC. The lowest BCUT2D eigenvalue weighted by atomic mass is 10.0. The Morgan fingerprint density at radius 2 is 0.701 bits per heavy atom. The van der Waals surface area contributed by atoms with E-state index < -0.39 is 20.0 Å². The maximum atomic E-state index is 13.6. The van der Waals surface area contributed by atoms with Gasteiger partial charge in [0.15, 0.2) is 0 Å². The lowest BCUT2D eigenvalue weighted by Crippen LogP contribution is -2.47. The van der Waals surface area contributed by atoms with E-state index in [1.54, 1.807) is 0 Å². The van der Waals surface area contributed by atoms with E-state index in [9.17, 15) is 19.0 Å². The largest absolute Gasteiger partial charge is 0.472 e. The standard InChI is InChI=1S/C77H143N2O7P/c1-7-10-13-16-19-22-25-28-30-32-34-36-37-38-39-40-41-43-45-47-49-52-55-58-61-64-67-70-77(81)86-75(68-65-62-59-56-53-50-27-24-21-18-15-12-9-3)74(73-85-87(82,83)84-72-71-79(4,5)6)78-76(80)69-66-63-60-57-54-51-48-46-44-42-35-33-31-29-26-23-20-17-14-11-8-2/h20,23,28-31,35,42,46,48,65,68,74-75H,7-19,21-22,24-27,32-34,36-41,43-45,47,49-64,66-67,69-73H2,1-6H3,(H-,78,80,82,83)/p+1/b23-20-,30-28+,31-29-,42-35-,48-46-,68-65-. The lowest BCUT2D eigenvalue weighted by molar-refractivity contribution is -0.870. The number of phosphoric acid groups is 1. The van der Waals surface area contributed by atoms with Gasteiger partial charge < -0.3 is 19.4 Å². The fourth-order valence-corrected chi connectivity index (χ4v) is 11.6. The van der Waals surface area contributed by atoms with Crippen molar-refractivity contribution in [3.8, 4) is 0 Å². The number of unbranched alkanes of at least 4 members (excludes halogenated alkanes) is 42. The zero-order valence-electron chi connectivity index (χ0n) is 58.3. The summed E-state index contributed by atoms with van der Waals surface area (Å²) >= 11 is 0. The van der Waals surface area contributed by atoms with E-state index in [0.29, 0.717) is 17.4 Å². The Morgan fingerprint density at radius 1 is 0.402 bits per heavy atom. The second kappa shape index (κ2) is 66.4. The first-order chi connectivity index (χ1) is 42.4. The van der Waals surface area contributed by atoms with Crippen LogP contribution in [-0.4, -0.2) is 74.3 Å². The average Bonchev–Trinajstić information content (AvgIpc) is 3.69. The van der Waals surface area contributed by atoms with E-state index in [2.05, 4.69) is 86.8 Å². The fourth-order valence-electron chi connectivity index (χ4n) is 10.9. The van der Waals surface area contributed by atoms with Crippen molar-refractivity contribution in [2.24, 2.45) is 0 Å². The van der Waals surface area contributed by atoms with Gasteiger partial charge >= 0.3 is 13.8 Å². The summed E-state index contributed by atoms with van der Waals surface area (Å²) in [7, 11) is 1.49. The van der Waals surface area contributed by atoms with Crippen molar-refractivity contribution in [2.75, 3.05) is 40.9 Å². The van der Waals surface area contributed by atoms with E-state index in [0.717, 1.165) is 96.3 Å². The highest BCUT2D eigenvalue weighted by Crippen LogP contribution is 2.43. The molecule has 0 aliphatic rings. The lowest BCUT2D eigenvalue weighted by Gasteiger charge is -2.27. The maximum Gasteiger partial charge on any atom is 0.472 e. The molecule has 0 bridgehead atoms. The minimum Gasteiger partial charge on any atom is -0.456 e. The molecule has 0 saturated carbocycles. The minimum absolute atomic E-state index is 0.0353. The van der Waals surface area contributed by atoms with Crippen molar-refractivity contribution >= 4 is 19.7 Å². The predicted octanol–water partition coefficient (Wildman–Crippen LogP) is 23.9. The number of allylic oxidation sites excluding steroid dienone is 11. The number of phosphoric ester groups is 1. The molecule has 9 nitrogen and oxygen atoms in total. The second-order valence-electron chi connectivity index (χ2n) is 26.5. The predicted molar refractivity (Wildman–Crippen MR) is 378 cm³/mol. The summed E-state index contributed by atoms with van der Waals surface area (Å²) in [5, 5.41) is 3.07. The zero-order valence-corrected chi connectivity index (χ0v) is 59.2. The molecule has 0 aliphatic heterocycles. The molecule has 0 aromatic heterocycles. The number of rotatable bonds is 68. The summed E-state index contributed by atoms with van der Waals surface area (Å²) in [5.41, 5.74) is 0. The zero-order chi connectivity index (χ0) is 63.5. The van der Waals surface area contributed by atoms with Crippen molar-refractivity contribution in [3.63, 3.8) is 0 Å². The van der Waals surface area contributed by atoms with Crippen LogP contribution >= 0.6 is 7.82 Å². The number of esters is 1. The number of carbonyl (C=O) groups is 2. The van der Waals surface area contributed by atoms with Crippen LogP contribution in [0.15, 0.2) is 72.9 Å². The van der Waals surface area contributed by atoms with Crippen LogP contribution in [0.3, 0.4) is 0 Å². The fraction of sp³-hybridized carbons (Fsp3) is 0.818. The Morgan fingerprint density at radius 3 is 1.08 bits per heavy atom. The number of hydrogen-bond acceptors (Lipinski definition) is 6. The van der Waals surface area contributed by atoms with E-state index in [4.69, 9.17) is 13.8 Å². The summed E-state index contributed by atoms with van der Waals surface area (Å²) in [4.78, 5) is 38.0. The molecule has 0 radical (unpaired) electrons. The number of nitrogens with one attached hydrogen (secondary N) is 1. The highest BCUT2D eigenvalue weighted by molar-refractivity contribution is 7.47. The molecule has 0 spiro atoms. The Labute approximate surface area is 540 Å². The van der Waals surface area contributed by atoms with Crippen molar-refractivity contribution in [1.29, 1.82) is 0 Å². The van der Waals surface area contributed by atoms with Crippen LogP contribution in [0.4, 0.5) is 0 Å². The Balaban J connectivity index is 5.05. The van der Waals surface area contributed by atoms with Gasteiger partial charge in [0, 0.05) is 12.8 Å². The second-order valence-corrected chi connectivity index (χ2v) is 27.9. The van der Waals surface area contributed by atoms with Gasteiger partial charge in [0.1, 0.15) is 19.3 Å². The monoisotopic (exact) mass is 1240 g/mol. The molecule has 0 saturated heterocycles. The Kier molecular flexibility index (Phi) is 64.4. The van der Waals surface area contributed by atoms with Crippen LogP contribution < -0.4 is 5.32 Å². The molecule has 0 aromatic rings. The molecule has 0 rings (SSSR count). The van der Waals surface area contributed by atoms with Crippen LogP contribution in [0.2, 0.25) is 0 Å². The molecule has 0 fully saturated rings. The normalized spacial score (nSPS) is 13.9. The first kappa shape index (κ1) is 84.5. The number of carbonyl (C=O) groups excluding carboxylic acids is 2. The maximum absolute atomic E-state index is 13.6. The number of amides is 1. The van der Waals surface area contributed by atoms with Crippen LogP contribution in [-0.2, 0) is 27.9 Å². The number of likely N-dealkylation sites (N-methyl/N-ethyl adjacent to an activating group) is 1. The van der Waals surface area contributed by atoms with Gasteiger partial charge in [-0.25, -0.2) is 4.57 Å². The number of quaternary nitrogens is 1. The molecule has 3 unspecified atom stereocenters. The van der Waals surface area contributed by atoms with Crippen molar-refractivity contribution < 1.29 is 37.3 Å². The van der Waals surface area contributed by atoms with E-state index in [-0.39, 0.29) is 31.5 Å². The smallest absolute Gasteiger partial charge is 0.456 e. The number of ether oxygens (including phenoxy) is 1. The van der Waals surface area contributed by atoms with Gasteiger partial charge in [-0.15, -0.1) is 0 Å². The van der Waals surface area contributed by atoms with Crippen molar-refractivity contribution in [3.05, 3.63) is 72.9 Å². The van der Waals surface area contributed by atoms with Gasteiger partial charge in [-0.1, -0.05) is 312 Å². The minimum atomic E-state index is -4.46. The van der Waals surface area contributed by atoms with E-state index >= 15 is 0 Å². The first-order valence-corrected chi connectivity index (χ1v) is 38.8. The van der Waals surface area contributed by atoms with Gasteiger partial charge in [-0.2, -0.15) is 0 Å². The number of hydrogen-bond donors (Lipinski definition) is 2. The molecule has 87 heavy (non-hydrogen) atoms. The molecule has 3 atom stereocenters. The highest BCUT2D eigenvalue weighted by Gasteiger charge is 2.30. The molecule has 1 amide bonds. The molecular weight excluding hydrogens is 1100 g/mol. The molecule has 0 aromatic carbocycles. The summed E-state index contributed by atoms with van der Waals surface area (Å²) in [6.45, 7) is 7.01. The number of nitrogens with zero attached hydrogens (tertiary/aromatic N) is 1. The van der Waals surface area contributed by atoms with E-state index in [1.165, 1.54) is 225 Å². The molecule has 2 N–H and O–H groups in total. The van der Waals surface area contributed by atoms with Crippen LogP contribution in [0.1, 0.15) is 355 Å². The van der Waals surface area contributed by atoms with Gasteiger partial charge in [0.2, 0.25) is 5.91 Å². The van der Waals surface area contributed by atoms with Crippen molar-refractivity contribution in [2.45, 2.75) is 367 Å². The van der Waals surface area contributed by atoms with Crippen molar-refractivity contribution in [1.82, 2.24) is 5.32 Å². The summed E-state index contributed by atoms with van der Waals surface area (Å²) in [6, 6.07) is -0.861. The first-order valence-electron chi connectivity index (χ1n) is 37.3. The Hall–Kier alpha value is -2.55. The molecule has 10 heteroatoms. The molecule has 508 valence electrons. The van der Waals surface area contributed by atoms with Gasteiger partial charge in [0.25, 0.3) is 0 Å². The molecule has 0 aliphatic carbocycles. The summed E-state index contributed by atoms with van der Waals surface area (Å²) in [5.74, 6) is -0.513.